The fraction of sp³-hybridized carbons (Fsp3) is 0.389. The van der Waals surface area contributed by atoms with Crippen LogP contribution in [0, 0.1) is 22.0 Å². The van der Waals surface area contributed by atoms with Crippen molar-refractivity contribution in [3.05, 3.63) is 46.5 Å². The molecule has 1 aromatic carbocycles. The molecule has 3 amide bonds. The van der Waals surface area contributed by atoms with Gasteiger partial charge in [0.2, 0.25) is 17.7 Å². The highest BCUT2D eigenvalue weighted by Gasteiger charge is 2.46. The Balaban J connectivity index is 1.50. The predicted octanol–water partition coefficient (Wildman–Crippen LogP) is 2.26. The molecule has 0 unspecified atom stereocenters. The van der Waals surface area contributed by atoms with Gasteiger partial charge >= 0.3 is 0 Å². The predicted molar refractivity (Wildman–Crippen MR) is 93.0 cm³/mol. The number of nitrogens with one attached hydrogen (secondary N) is 1. The van der Waals surface area contributed by atoms with E-state index in [9.17, 15) is 24.5 Å². The molecule has 1 aliphatic heterocycles. The lowest BCUT2D eigenvalue weighted by Gasteiger charge is -2.14. The third kappa shape index (κ3) is 3.63. The van der Waals surface area contributed by atoms with E-state index >= 15 is 0 Å². The number of benzene rings is 1. The fourth-order valence-electron chi connectivity index (χ4n) is 3.41. The molecule has 0 bridgehead atoms. The lowest BCUT2D eigenvalue weighted by molar-refractivity contribution is -0.384. The van der Waals surface area contributed by atoms with Crippen molar-refractivity contribution in [2.24, 2.45) is 11.8 Å². The van der Waals surface area contributed by atoms with Gasteiger partial charge in [-0.3, -0.25) is 29.4 Å². The van der Waals surface area contributed by atoms with Crippen LogP contribution in [-0.2, 0) is 14.4 Å². The number of hydrogen-bond acceptors (Lipinski definition) is 5. The summed E-state index contributed by atoms with van der Waals surface area (Å²) in [6, 6.07) is 5.68. The number of nitro groups is 1. The zero-order valence-electron chi connectivity index (χ0n) is 14.1. The first-order chi connectivity index (χ1) is 12.5. The highest BCUT2D eigenvalue weighted by Crippen LogP contribution is 2.35. The van der Waals surface area contributed by atoms with Gasteiger partial charge in [-0.05, 0) is 25.3 Å². The Morgan fingerprint density at radius 1 is 1.19 bits per heavy atom. The van der Waals surface area contributed by atoms with Gasteiger partial charge in [-0.25, -0.2) is 0 Å². The van der Waals surface area contributed by atoms with Gasteiger partial charge in [0.25, 0.3) is 5.69 Å². The van der Waals surface area contributed by atoms with Gasteiger partial charge in [0, 0.05) is 30.8 Å². The first kappa shape index (κ1) is 17.8. The Hall–Kier alpha value is -3.03. The first-order valence-corrected chi connectivity index (χ1v) is 8.52. The Morgan fingerprint density at radius 2 is 1.85 bits per heavy atom. The van der Waals surface area contributed by atoms with Gasteiger partial charge in [-0.1, -0.05) is 18.2 Å². The smallest absolute Gasteiger partial charge is 0.271 e. The number of nitrogens with zero attached hydrogens (tertiary/aromatic N) is 2. The second-order valence-electron chi connectivity index (χ2n) is 6.44. The van der Waals surface area contributed by atoms with Crippen molar-refractivity contribution in [2.45, 2.75) is 25.7 Å². The van der Waals surface area contributed by atoms with Crippen LogP contribution < -0.4 is 5.32 Å². The van der Waals surface area contributed by atoms with Gasteiger partial charge in [0.05, 0.1) is 16.8 Å². The fourth-order valence-corrected chi connectivity index (χ4v) is 3.41. The monoisotopic (exact) mass is 357 g/mol. The number of rotatable bonds is 6. The molecule has 26 heavy (non-hydrogen) atoms. The molecule has 2 aliphatic rings. The normalized spacial score (nSPS) is 21.6. The van der Waals surface area contributed by atoms with Crippen molar-refractivity contribution in [3.8, 4) is 0 Å². The molecule has 1 heterocycles. The molecule has 0 radical (unpaired) electrons. The van der Waals surface area contributed by atoms with E-state index in [1.807, 2.05) is 12.2 Å². The van der Waals surface area contributed by atoms with Gasteiger partial charge in [0.15, 0.2) is 0 Å². The van der Waals surface area contributed by atoms with Gasteiger partial charge < -0.3 is 5.32 Å². The van der Waals surface area contributed by atoms with Crippen molar-refractivity contribution >= 4 is 29.1 Å². The Labute approximate surface area is 150 Å². The van der Waals surface area contributed by atoms with Crippen LogP contribution in [-0.4, -0.2) is 34.1 Å². The number of anilines is 1. The third-order valence-corrected chi connectivity index (χ3v) is 4.73. The molecule has 1 N–H and O–H groups in total. The number of imide groups is 1. The molecular formula is C18H19N3O5. The Morgan fingerprint density at radius 3 is 2.46 bits per heavy atom. The third-order valence-electron chi connectivity index (χ3n) is 4.73. The number of hydrogen-bond donors (Lipinski definition) is 1. The number of fused-ring (bicyclic) bond motifs is 1. The largest absolute Gasteiger partial charge is 0.326 e. The molecule has 2 atom stereocenters. The van der Waals surface area contributed by atoms with E-state index in [-0.39, 0.29) is 48.2 Å². The standard InChI is InChI=1S/C18H19N3O5/c22-16(19-12-5-3-6-13(11-12)21(25)26)9-4-10-20-17(23)14-7-1-2-8-15(14)18(20)24/h1-3,5-6,11,14-15H,4,7-10H2,(H,19,22)/t14-,15-/m0/s1. The highest BCUT2D eigenvalue weighted by atomic mass is 16.6. The zero-order chi connectivity index (χ0) is 18.7. The SMILES string of the molecule is O=C(CCCN1C(=O)[C@H]2CC=CC[C@@H]2C1=O)Nc1cccc([N+](=O)[O-])c1. The summed E-state index contributed by atoms with van der Waals surface area (Å²) in [5, 5.41) is 13.3. The molecular weight excluding hydrogens is 338 g/mol. The van der Waals surface area contributed by atoms with Crippen molar-refractivity contribution in [1.82, 2.24) is 4.90 Å². The average molecular weight is 357 g/mol. The molecule has 1 saturated heterocycles. The van der Waals surface area contributed by atoms with Gasteiger partial charge in [-0.2, -0.15) is 0 Å². The van der Waals surface area contributed by atoms with E-state index in [0.29, 0.717) is 24.9 Å². The molecule has 136 valence electrons. The van der Waals surface area contributed by atoms with E-state index in [4.69, 9.17) is 0 Å². The van der Waals surface area contributed by atoms with E-state index in [2.05, 4.69) is 5.32 Å². The van der Waals surface area contributed by atoms with Crippen LogP contribution in [0.25, 0.3) is 0 Å². The van der Waals surface area contributed by atoms with E-state index in [1.54, 1.807) is 6.07 Å². The summed E-state index contributed by atoms with van der Waals surface area (Å²) in [7, 11) is 0. The van der Waals surface area contributed by atoms with Crippen LogP contribution in [0.15, 0.2) is 36.4 Å². The summed E-state index contributed by atoms with van der Waals surface area (Å²) >= 11 is 0. The Bertz CT molecular complexity index is 763. The minimum Gasteiger partial charge on any atom is -0.326 e. The maximum atomic E-state index is 12.3. The molecule has 8 heteroatoms. The van der Waals surface area contributed by atoms with Crippen LogP contribution in [0.4, 0.5) is 11.4 Å². The number of non-ortho nitro benzene ring substituents is 1. The molecule has 0 aromatic heterocycles. The van der Waals surface area contributed by atoms with E-state index < -0.39 is 4.92 Å². The van der Waals surface area contributed by atoms with Gasteiger partial charge in [-0.15, -0.1) is 0 Å². The molecule has 3 rings (SSSR count). The lowest BCUT2D eigenvalue weighted by Crippen LogP contribution is -2.32. The number of carbonyl (C=O) groups excluding carboxylic acids is 3. The van der Waals surface area contributed by atoms with Crippen LogP contribution in [0.1, 0.15) is 25.7 Å². The minimum absolute atomic E-state index is 0.104. The van der Waals surface area contributed by atoms with Crippen LogP contribution >= 0.6 is 0 Å². The maximum Gasteiger partial charge on any atom is 0.271 e. The summed E-state index contributed by atoms with van der Waals surface area (Å²) < 4.78 is 0. The second-order valence-corrected chi connectivity index (χ2v) is 6.44. The zero-order valence-corrected chi connectivity index (χ0v) is 14.1. The highest BCUT2D eigenvalue weighted by molar-refractivity contribution is 6.05. The van der Waals surface area contributed by atoms with Crippen molar-refractivity contribution in [2.75, 3.05) is 11.9 Å². The molecule has 0 spiro atoms. The lowest BCUT2D eigenvalue weighted by atomic mass is 9.85. The summed E-state index contributed by atoms with van der Waals surface area (Å²) in [4.78, 5) is 48.1. The second kappa shape index (κ2) is 7.47. The van der Waals surface area contributed by atoms with E-state index in [0.717, 1.165) is 0 Å². The summed E-state index contributed by atoms with van der Waals surface area (Å²) in [6.07, 6.45) is 5.53. The quantitative estimate of drug-likeness (QED) is 0.363. The van der Waals surface area contributed by atoms with Crippen molar-refractivity contribution in [3.63, 3.8) is 0 Å². The minimum atomic E-state index is -0.533. The summed E-state index contributed by atoms with van der Waals surface area (Å²) in [6.45, 7) is 0.215. The number of allylic oxidation sites excluding steroid dienone is 2. The van der Waals surface area contributed by atoms with Crippen LogP contribution in [0.2, 0.25) is 0 Å². The number of nitro benzene ring substituents is 1. The topological polar surface area (TPSA) is 110 Å². The molecule has 0 saturated carbocycles. The first-order valence-electron chi connectivity index (χ1n) is 8.52. The van der Waals surface area contributed by atoms with Crippen molar-refractivity contribution < 1.29 is 19.3 Å². The average Bonchev–Trinajstić information content (AvgIpc) is 2.87. The Kier molecular flexibility index (Phi) is 5.11. The molecule has 1 aromatic rings. The van der Waals surface area contributed by atoms with Gasteiger partial charge in [0.1, 0.15) is 0 Å². The molecule has 1 aliphatic carbocycles. The number of amides is 3. The number of carbonyl (C=O) groups is 3. The maximum absolute atomic E-state index is 12.3. The van der Waals surface area contributed by atoms with Crippen molar-refractivity contribution in [1.29, 1.82) is 0 Å². The number of likely N-dealkylation sites (tertiary alicyclic amines) is 1. The molecule has 1 fully saturated rings. The van der Waals surface area contributed by atoms with Crippen LogP contribution in [0.5, 0.6) is 0 Å². The summed E-state index contributed by atoms with van der Waals surface area (Å²) in [5.74, 6) is -1.13. The van der Waals surface area contributed by atoms with Crippen LogP contribution in [0.3, 0.4) is 0 Å². The van der Waals surface area contributed by atoms with E-state index in [1.165, 1.54) is 23.1 Å². The summed E-state index contributed by atoms with van der Waals surface area (Å²) in [5.41, 5.74) is 0.238. The molecule has 8 nitrogen and oxygen atoms in total.